The fourth-order valence-corrected chi connectivity index (χ4v) is 9.66. The molecule has 0 radical (unpaired) electrons. The maximum absolute atomic E-state index is 16.1. The number of hydrogen-bond donors (Lipinski definition) is 4. The van der Waals surface area contributed by atoms with Gasteiger partial charge in [-0.15, -0.1) is 0 Å². The van der Waals surface area contributed by atoms with Gasteiger partial charge < -0.3 is 21.1 Å². The molecule has 2 aliphatic heterocycles. The lowest BCUT2D eigenvalue weighted by Crippen LogP contribution is -2.62. The third-order valence-electron chi connectivity index (χ3n) is 11.6. The lowest BCUT2D eigenvalue weighted by atomic mass is 9.55. The summed E-state index contributed by atoms with van der Waals surface area (Å²) < 4.78 is 45.5. The van der Waals surface area contributed by atoms with E-state index in [-0.39, 0.29) is 34.9 Å². The van der Waals surface area contributed by atoms with Gasteiger partial charge in [-0.25, -0.2) is 13.2 Å². The zero-order valence-corrected chi connectivity index (χ0v) is 25.1. The summed E-state index contributed by atoms with van der Waals surface area (Å²) in [5.74, 6) is -5.38. The van der Waals surface area contributed by atoms with Crippen LogP contribution < -0.4 is 16.0 Å². The summed E-state index contributed by atoms with van der Waals surface area (Å²) in [4.78, 5) is 26.4. The molecule has 5 fully saturated rings. The largest absolute Gasteiger partial charge is 0.481 e. The number of carboxylic acids is 1. The van der Waals surface area contributed by atoms with Crippen LogP contribution in [0, 0.1) is 11.2 Å². The Morgan fingerprint density at radius 3 is 2.30 bits per heavy atom. The van der Waals surface area contributed by atoms with Crippen LogP contribution in [0.4, 0.5) is 18.9 Å². The molecule has 230 valence electrons. The quantitative estimate of drug-likeness (QED) is 0.290. The molecule has 2 bridgehead atoms. The highest BCUT2D eigenvalue weighted by Crippen LogP contribution is 2.64. The molecule has 43 heavy (non-hydrogen) atoms. The number of fused-ring (bicyclic) bond motifs is 6. The first-order valence-corrected chi connectivity index (χ1v) is 15.8. The Bertz CT molecular complexity index is 1490. The predicted molar refractivity (Wildman–Crippen MR) is 157 cm³/mol. The number of halogens is 5. The monoisotopic (exact) mass is 635 g/mol. The predicted octanol–water partition coefficient (Wildman–Crippen LogP) is 6.79. The van der Waals surface area contributed by atoms with Crippen molar-refractivity contribution in [1.29, 1.82) is 0 Å². The second-order valence-corrected chi connectivity index (χ2v) is 14.4. The summed E-state index contributed by atoms with van der Waals surface area (Å²) in [7, 11) is 0. The maximum Gasteiger partial charge on any atom is 0.309 e. The van der Waals surface area contributed by atoms with Crippen molar-refractivity contribution < 1.29 is 27.9 Å². The second-order valence-electron chi connectivity index (χ2n) is 13.5. The van der Waals surface area contributed by atoms with Crippen molar-refractivity contribution in [3.8, 4) is 0 Å². The summed E-state index contributed by atoms with van der Waals surface area (Å²) >= 11 is 12.6. The summed E-state index contributed by atoms with van der Waals surface area (Å²) in [6.07, 6.45) is 3.10. The normalized spacial score (nSPS) is 35.3. The first kappa shape index (κ1) is 29.4. The number of carbonyl (C=O) groups excluding carboxylic acids is 1. The van der Waals surface area contributed by atoms with Crippen molar-refractivity contribution in [2.75, 3.05) is 11.9 Å². The molecule has 1 unspecified atom stereocenters. The zero-order valence-electron chi connectivity index (χ0n) is 23.6. The van der Waals surface area contributed by atoms with E-state index in [2.05, 4.69) is 16.0 Å². The van der Waals surface area contributed by atoms with E-state index in [0.717, 1.165) is 0 Å². The van der Waals surface area contributed by atoms with Crippen LogP contribution in [0.3, 0.4) is 0 Å². The lowest BCUT2D eigenvalue weighted by molar-refractivity contribution is -0.156. The van der Waals surface area contributed by atoms with Gasteiger partial charge >= 0.3 is 5.97 Å². The second kappa shape index (κ2) is 9.83. The number of amides is 1. The van der Waals surface area contributed by atoms with Crippen molar-refractivity contribution in [2.24, 2.45) is 5.41 Å². The lowest BCUT2D eigenvalue weighted by Gasteiger charge is -2.52. The first-order valence-electron chi connectivity index (χ1n) is 15.1. The molecule has 4 N–H and O–H groups in total. The van der Waals surface area contributed by atoms with Crippen LogP contribution in [-0.2, 0) is 15.0 Å². The van der Waals surface area contributed by atoms with Crippen LogP contribution in [0.1, 0.15) is 81.3 Å². The molecule has 1 amide bonds. The Labute approximate surface area is 258 Å². The van der Waals surface area contributed by atoms with Crippen LogP contribution in [0.2, 0.25) is 10.0 Å². The number of benzene rings is 2. The molecule has 3 atom stereocenters. The standard InChI is InChI=1S/C32H34Cl2F3N3O3/c33-18-4-5-20-22(16-18)39-26(41)32(20)24(19-2-1-3-21(34)25(19)35)23(40-30(32)12-14-31(36,37)15-13-30)17-38-29-9-6-28(7-10-29,8-11-29)27(42)43/h1-5,16,23-24,38,40H,6-15,17H2,(H,39,41)(H,42,43)/t23?,24-,28?,29?,32+/m0/s1. The van der Waals surface area contributed by atoms with Crippen LogP contribution in [0.25, 0.3) is 0 Å². The maximum atomic E-state index is 16.1. The van der Waals surface area contributed by atoms with E-state index in [1.54, 1.807) is 30.3 Å². The fourth-order valence-electron chi connectivity index (χ4n) is 9.30. The average molecular weight is 637 g/mol. The van der Waals surface area contributed by atoms with Gasteiger partial charge in [0.05, 0.1) is 10.4 Å². The van der Waals surface area contributed by atoms with Crippen LogP contribution >= 0.6 is 23.2 Å². The Morgan fingerprint density at radius 2 is 1.65 bits per heavy atom. The van der Waals surface area contributed by atoms with E-state index >= 15 is 4.39 Å². The van der Waals surface area contributed by atoms with Gasteiger partial charge in [-0.05, 0) is 80.7 Å². The molecule has 2 heterocycles. The third kappa shape index (κ3) is 4.21. The Hall–Kier alpha value is -2.33. The molecular weight excluding hydrogens is 602 g/mol. The van der Waals surface area contributed by atoms with Crippen molar-refractivity contribution in [2.45, 2.75) is 98.6 Å². The molecule has 6 aliphatic rings. The number of carboxylic acid groups (broad SMARTS) is 1. The number of rotatable bonds is 5. The molecule has 0 aromatic heterocycles. The molecule has 6 nitrogen and oxygen atoms in total. The van der Waals surface area contributed by atoms with Crippen molar-refractivity contribution in [1.82, 2.24) is 10.6 Å². The summed E-state index contributed by atoms with van der Waals surface area (Å²) in [6, 6.07) is 9.34. The number of alkyl halides is 2. The van der Waals surface area contributed by atoms with Gasteiger partial charge in [-0.2, -0.15) is 0 Å². The van der Waals surface area contributed by atoms with Crippen molar-refractivity contribution in [3.63, 3.8) is 0 Å². The van der Waals surface area contributed by atoms with Gasteiger partial charge in [-0.1, -0.05) is 41.4 Å². The van der Waals surface area contributed by atoms with Crippen molar-refractivity contribution >= 4 is 40.8 Å². The smallest absolute Gasteiger partial charge is 0.309 e. The van der Waals surface area contributed by atoms with Gasteiger partial charge in [0.2, 0.25) is 11.8 Å². The van der Waals surface area contributed by atoms with Crippen LogP contribution in [0.15, 0.2) is 36.4 Å². The third-order valence-corrected chi connectivity index (χ3v) is 12.2. The SMILES string of the molecule is O=C(O)C12CCC(NCC3NC4(CCC(F)(F)CC4)[C@@]4(C(=O)Nc5cc(Cl)ccc54)[C@H]3c3cccc(Cl)c3F)(CC1)CC2. The molecule has 2 aromatic carbocycles. The fraction of sp³-hybridized carbons (Fsp3) is 0.562. The molecule has 2 spiro atoms. The Morgan fingerprint density at radius 1 is 0.977 bits per heavy atom. The van der Waals surface area contributed by atoms with Gasteiger partial charge in [0.25, 0.3) is 0 Å². The Balaban J connectivity index is 1.34. The van der Waals surface area contributed by atoms with Gasteiger partial charge in [0, 0.05) is 53.1 Å². The van der Waals surface area contributed by atoms with E-state index in [0.29, 0.717) is 61.3 Å². The minimum Gasteiger partial charge on any atom is -0.481 e. The highest BCUT2D eigenvalue weighted by molar-refractivity contribution is 6.31. The molecule has 2 aromatic rings. The van der Waals surface area contributed by atoms with E-state index in [1.807, 2.05) is 0 Å². The molecule has 1 saturated heterocycles. The molecule has 4 saturated carbocycles. The highest BCUT2D eigenvalue weighted by atomic mass is 35.5. The Kier molecular flexibility index (Phi) is 6.72. The van der Waals surface area contributed by atoms with Crippen molar-refractivity contribution in [3.05, 3.63) is 63.4 Å². The number of nitrogens with one attached hydrogen (secondary N) is 3. The number of aliphatic carboxylic acids is 1. The van der Waals surface area contributed by atoms with E-state index in [1.165, 1.54) is 6.07 Å². The molecular formula is C32H34Cl2F3N3O3. The van der Waals surface area contributed by atoms with Crippen LogP contribution in [-0.4, -0.2) is 46.6 Å². The molecule has 8 rings (SSSR count). The number of carbonyl (C=O) groups is 2. The van der Waals surface area contributed by atoms with E-state index < -0.39 is 58.9 Å². The molecule has 11 heteroatoms. The average Bonchev–Trinajstić information content (AvgIpc) is 3.43. The van der Waals surface area contributed by atoms with Gasteiger partial charge in [0.1, 0.15) is 11.2 Å². The van der Waals surface area contributed by atoms with E-state index in [9.17, 15) is 23.5 Å². The zero-order chi connectivity index (χ0) is 30.4. The molecule has 4 aliphatic carbocycles. The highest BCUT2D eigenvalue weighted by Gasteiger charge is 2.72. The van der Waals surface area contributed by atoms with Crippen LogP contribution in [0.5, 0.6) is 0 Å². The minimum atomic E-state index is -2.86. The van der Waals surface area contributed by atoms with E-state index in [4.69, 9.17) is 23.2 Å². The summed E-state index contributed by atoms with van der Waals surface area (Å²) in [5.41, 5.74) is -2.06. The van der Waals surface area contributed by atoms with Gasteiger partial charge in [-0.3, -0.25) is 9.59 Å². The summed E-state index contributed by atoms with van der Waals surface area (Å²) in [6.45, 7) is 0.340. The number of anilines is 1. The topological polar surface area (TPSA) is 90.5 Å². The minimum absolute atomic E-state index is 0.0247. The summed E-state index contributed by atoms with van der Waals surface area (Å²) in [5, 5.41) is 20.6. The number of hydrogen-bond acceptors (Lipinski definition) is 4. The van der Waals surface area contributed by atoms with Gasteiger partial charge in [0.15, 0.2) is 0 Å². The first-order chi connectivity index (χ1) is 20.4.